The Kier molecular flexibility index (Phi) is 4.47. The highest BCUT2D eigenvalue weighted by Crippen LogP contribution is 2.57. The van der Waals surface area contributed by atoms with Crippen LogP contribution in [-0.4, -0.2) is 53.5 Å². The molecule has 6 nitrogen and oxygen atoms in total. The van der Waals surface area contributed by atoms with Gasteiger partial charge in [-0.2, -0.15) is 0 Å². The molecule has 7 heteroatoms. The molecular formula is C25H24FN5O. The quantitative estimate of drug-likeness (QED) is 0.691. The topological polar surface area (TPSA) is 61.4 Å². The van der Waals surface area contributed by atoms with Gasteiger partial charge in [-0.1, -0.05) is 24.3 Å². The normalized spacial score (nSPS) is 18.7. The first-order chi connectivity index (χ1) is 15.6. The third kappa shape index (κ3) is 3.15. The maximum absolute atomic E-state index is 14.2. The summed E-state index contributed by atoms with van der Waals surface area (Å²) < 4.78 is 14.2. The first kappa shape index (κ1) is 19.4. The molecule has 3 heterocycles. The van der Waals surface area contributed by atoms with Gasteiger partial charge in [0.05, 0.1) is 0 Å². The summed E-state index contributed by atoms with van der Waals surface area (Å²) >= 11 is 0. The summed E-state index contributed by atoms with van der Waals surface area (Å²) in [6.07, 6.45) is 5.62. The molecule has 0 unspecified atom stereocenters. The molecule has 6 rings (SSSR count). The lowest BCUT2D eigenvalue weighted by Gasteiger charge is -2.27. The molecule has 3 aliphatic rings. The molecule has 3 aromatic rings. The Bertz CT molecular complexity index is 1190. The lowest BCUT2D eigenvalue weighted by molar-refractivity contribution is 0.0736. The Morgan fingerprint density at radius 3 is 2.50 bits per heavy atom. The van der Waals surface area contributed by atoms with Crippen molar-refractivity contribution in [3.8, 4) is 11.1 Å². The number of hydrogen-bond acceptors (Lipinski definition) is 5. The Hall–Kier alpha value is -3.32. The number of aromatic nitrogens is 2. The van der Waals surface area contributed by atoms with E-state index in [9.17, 15) is 9.18 Å². The van der Waals surface area contributed by atoms with Gasteiger partial charge in [0.1, 0.15) is 5.82 Å². The number of rotatable bonds is 3. The van der Waals surface area contributed by atoms with Crippen LogP contribution in [-0.2, 0) is 5.41 Å². The fourth-order valence-electron chi connectivity index (χ4n) is 4.91. The largest absolute Gasteiger partial charge is 0.336 e. The Morgan fingerprint density at radius 1 is 1.03 bits per heavy atom. The number of nitrogens with one attached hydrogen (secondary N) is 1. The minimum atomic E-state index is -0.289. The van der Waals surface area contributed by atoms with Crippen LogP contribution >= 0.6 is 0 Å². The molecule has 32 heavy (non-hydrogen) atoms. The third-order valence-electron chi connectivity index (χ3n) is 6.89. The van der Waals surface area contributed by atoms with E-state index < -0.39 is 0 Å². The van der Waals surface area contributed by atoms with Crippen LogP contribution in [0, 0.1) is 5.82 Å². The average molecular weight is 429 g/mol. The highest BCUT2D eigenvalue weighted by atomic mass is 19.1. The zero-order valence-electron chi connectivity index (χ0n) is 17.7. The van der Waals surface area contributed by atoms with E-state index in [1.807, 2.05) is 17.0 Å². The summed E-state index contributed by atoms with van der Waals surface area (Å²) in [4.78, 5) is 26.2. The van der Waals surface area contributed by atoms with Crippen LogP contribution in [0.2, 0.25) is 0 Å². The molecule has 1 aliphatic carbocycles. The predicted molar refractivity (Wildman–Crippen MR) is 121 cm³/mol. The van der Waals surface area contributed by atoms with E-state index in [4.69, 9.17) is 0 Å². The highest BCUT2D eigenvalue weighted by Gasteiger charge is 2.52. The number of carbonyl (C=O) groups is 1. The molecule has 1 spiro atoms. The van der Waals surface area contributed by atoms with Gasteiger partial charge in [-0.3, -0.25) is 4.79 Å². The molecule has 2 fully saturated rings. The summed E-state index contributed by atoms with van der Waals surface area (Å²) in [6.45, 7) is 3.92. The Morgan fingerprint density at radius 2 is 1.78 bits per heavy atom. The number of amides is 1. The molecule has 162 valence electrons. The number of hydrogen-bond donors (Lipinski definition) is 1. The van der Waals surface area contributed by atoms with Gasteiger partial charge in [0.15, 0.2) is 0 Å². The molecule has 1 aromatic heterocycles. The van der Waals surface area contributed by atoms with Crippen LogP contribution in [0.25, 0.3) is 11.1 Å². The van der Waals surface area contributed by atoms with Gasteiger partial charge in [0, 0.05) is 72.9 Å². The molecule has 1 amide bonds. The van der Waals surface area contributed by atoms with Crippen molar-refractivity contribution in [1.82, 2.24) is 20.2 Å². The average Bonchev–Trinajstić information content (AvgIpc) is 3.56. The zero-order chi connectivity index (χ0) is 21.7. The van der Waals surface area contributed by atoms with E-state index in [0.717, 1.165) is 51.3 Å². The molecule has 0 radical (unpaired) electrons. The van der Waals surface area contributed by atoms with E-state index >= 15 is 0 Å². The van der Waals surface area contributed by atoms with Gasteiger partial charge in [-0.25, -0.2) is 14.4 Å². The molecular weight excluding hydrogens is 405 g/mol. The van der Waals surface area contributed by atoms with E-state index in [-0.39, 0.29) is 17.1 Å². The van der Waals surface area contributed by atoms with Crippen molar-refractivity contribution >= 4 is 17.5 Å². The standard InChI is InChI=1S/C25H24FN5O/c26-21-4-2-1-3-19(21)18-14-28-24(29-15-18)31-16-25(7-8-25)20-6-5-17(13-22(20)31)23(32)30-11-9-27-10-12-30/h1-6,13-15,27H,7-12,16H2. The predicted octanol–water partition coefficient (Wildman–Crippen LogP) is 3.51. The number of halogens is 1. The maximum atomic E-state index is 14.2. The van der Waals surface area contributed by atoms with Gasteiger partial charge in [-0.15, -0.1) is 0 Å². The molecule has 1 saturated heterocycles. The van der Waals surface area contributed by atoms with Crippen molar-refractivity contribution in [2.24, 2.45) is 0 Å². The Balaban J connectivity index is 1.33. The van der Waals surface area contributed by atoms with Crippen LogP contribution < -0.4 is 10.2 Å². The van der Waals surface area contributed by atoms with Crippen molar-refractivity contribution in [3.63, 3.8) is 0 Å². The van der Waals surface area contributed by atoms with Crippen LogP contribution in [0.1, 0.15) is 28.8 Å². The lowest BCUT2D eigenvalue weighted by Crippen LogP contribution is -2.46. The van der Waals surface area contributed by atoms with Crippen LogP contribution in [0.15, 0.2) is 54.9 Å². The minimum absolute atomic E-state index is 0.0711. The van der Waals surface area contributed by atoms with Gasteiger partial charge in [0.2, 0.25) is 5.95 Å². The smallest absolute Gasteiger partial charge is 0.254 e. The monoisotopic (exact) mass is 429 g/mol. The van der Waals surface area contributed by atoms with Gasteiger partial charge in [-0.05, 0) is 36.6 Å². The second-order valence-electron chi connectivity index (χ2n) is 8.89. The number of benzene rings is 2. The van der Waals surface area contributed by atoms with Crippen molar-refractivity contribution in [3.05, 3.63) is 71.8 Å². The fourth-order valence-corrected chi connectivity index (χ4v) is 4.91. The van der Waals surface area contributed by atoms with Crippen molar-refractivity contribution in [2.45, 2.75) is 18.3 Å². The molecule has 2 aromatic carbocycles. The summed E-state index contributed by atoms with van der Waals surface area (Å²) in [7, 11) is 0. The summed E-state index contributed by atoms with van der Waals surface area (Å²) in [5.41, 5.74) is 4.27. The van der Waals surface area contributed by atoms with Crippen LogP contribution in [0.5, 0.6) is 0 Å². The van der Waals surface area contributed by atoms with E-state index in [2.05, 4.69) is 26.3 Å². The van der Waals surface area contributed by atoms with Crippen molar-refractivity contribution in [1.29, 1.82) is 0 Å². The number of fused-ring (bicyclic) bond motifs is 2. The second-order valence-corrected chi connectivity index (χ2v) is 8.89. The number of piperazine rings is 1. The van der Waals surface area contributed by atoms with Crippen molar-refractivity contribution in [2.75, 3.05) is 37.6 Å². The number of carbonyl (C=O) groups excluding carboxylic acids is 1. The van der Waals surface area contributed by atoms with Crippen LogP contribution in [0.4, 0.5) is 16.0 Å². The third-order valence-corrected chi connectivity index (χ3v) is 6.89. The second kappa shape index (κ2) is 7.38. The molecule has 0 atom stereocenters. The zero-order valence-corrected chi connectivity index (χ0v) is 17.7. The highest BCUT2D eigenvalue weighted by molar-refractivity contribution is 5.96. The molecule has 1 N–H and O–H groups in total. The number of nitrogens with zero attached hydrogens (tertiary/aromatic N) is 4. The fraction of sp³-hybridized carbons (Fsp3) is 0.320. The first-order valence-electron chi connectivity index (χ1n) is 11.1. The summed E-state index contributed by atoms with van der Waals surface area (Å²) in [5.74, 6) is 0.368. The van der Waals surface area contributed by atoms with Gasteiger partial charge < -0.3 is 15.1 Å². The summed E-state index contributed by atoms with van der Waals surface area (Å²) in [6, 6.07) is 12.7. The molecule has 1 saturated carbocycles. The van der Waals surface area contributed by atoms with E-state index in [0.29, 0.717) is 22.6 Å². The maximum Gasteiger partial charge on any atom is 0.254 e. The van der Waals surface area contributed by atoms with E-state index in [1.54, 1.807) is 30.6 Å². The molecule has 2 aliphatic heterocycles. The summed E-state index contributed by atoms with van der Waals surface area (Å²) in [5, 5.41) is 3.29. The SMILES string of the molecule is O=C(c1ccc2c(c1)N(c1ncc(-c3ccccc3F)cn1)CC21CC1)N1CCNCC1. The minimum Gasteiger partial charge on any atom is -0.336 e. The van der Waals surface area contributed by atoms with Crippen molar-refractivity contribution < 1.29 is 9.18 Å². The lowest BCUT2D eigenvalue weighted by atomic mass is 9.97. The number of anilines is 2. The Labute approximate surface area is 186 Å². The molecule has 0 bridgehead atoms. The van der Waals surface area contributed by atoms with Gasteiger partial charge >= 0.3 is 0 Å². The van der Waals surface area contributed by atoms with Gasteiger partial charge in [0.25, 0.3) is 5.91 Å². The first-order valence-corrected chi connectivity index (χ1v) is 11.1. The van der Waals surface area contributed by atoms with Crippen LogP contribution in [0.3, 0.4) is 0 Å². The van der Waals surface area contributed by atoms with E-state index in [1.165, 1.54) is 11.6 Å².